The molecule has 0 aliphatic rings. The van der Waals surface area contributed by atoms with E-state index in [0.717, 1.165) is 17.8 Å². The van der Waals surface area contributed by atoms with Crippen molar-refractivity contribution < 1.29 is 0 Å². The topological polar surface area (TPSA) is 0 Å². The Morgan fingerprint density at radius 3 is 1.24 bits per heavy atom. The minimum atomic E-state index is -0.638. The van der Waals surface area contributed by atoms with E-state index in [2.05, 4.69) is 67.3 Å². The van der Waals surface area contributed by atoms with Crippen LogP contribution in [0.2, 0.25) is 0 Å². The van der Waals surface area contributed by atoms with E-state index >= 15 is 0 Å². The van der Waals surface area contributed by atoms with Crippen molar-refractivity contribution >= 4 is 7.26 Å². The summed E-state index contributed by atoms with van der Waals surface area (Å²) in [7, 11) is -0.638. The Hall–Kier alpha value is -0.350. The van der Waals surface area contributed by atoms with Gasteiger partial charge in [0.05, 0.1) is 0 Å². The van der Waals surface area contributed by atoms with Crippen LogP contribution >= 0.6 is 7.26 Å². The molecule has 0 saturated carbocycles. The summed E-state index contributed by atoms with van der Waals surface area (Å²) in [6, 6.07) is 10.3. The quantitative estimate of drug-likeness (QED) is 0.519. The Morgan fingerprint density at radius 2 is 1.05 bits per heavy atom. The predicted octanol–water partition coefficient (Wildman–Crippen LogP) is 6.60. The summed E-state index contributed by atoms with van der Waals surface area (Å²) in [5.41, 5.74) is 1.32. The van der Waals surface area contributed by atoms with Gasteiger partial charge < -0.3 is 0 Å². The highest BCUT2D eigenvalue weighted by Gasteiger charge is 2.24. The van der Waals surface area contributed by atoms with E-state index in [1.807, 2.05) is 18.2 Å². The third kappa shape index (κ3) is 11.9. The first kappa shape index (κ1) is 20.6. The molecule has 1 aromatic rings. The molecule has 0 aromatic heterocycles. The molecule has 0 heterocycles. The molecule has 21 heavy (non-hydrogen) atoms. The zero-order valence-corrected chi connectivity index (χ0v) is 16.6. The molecule has 123 valence electrons. The summed E-state index contributed by atoms with van der Waals surface area (Å²) in [6.45, 7) is 18.9. The SMILES string of the molecule is CC(C)C[P](C)(CC(C)C)CC(C)C.Cc1ccccc1. The minimum absolute atomic E-state index is 0.638. The molecule has 0 aliphatic carbocycles. The average molecular weight is 309 g/mol. The van der Waals surface area contributed by atoms with Crippen LogP contribution < -0.4 is 0 Å². The van der Waals surface area contributed by atoms with Gasteiger partial charge in [-0.15, -0.1) is 7.26 Å². The molecule has 0 saturated heterocycles. The van der Waals surface area contributed by atoms with E-state index < -0.39 is 7.26 Å². The van der Waals surface area contributed by atoms with Gasteiger partial charge in [-0.3, -0.25) is 0 Å². The van der Waals surface area contributed by atoms with Crippen LogP contribution in [0.1, 0.15) is 47.1 Å². The van der Waals surface area contributed by atoms with Gasteiger partial charge in [0.25, 0.3) is 0 Å². The van der Waals surface area contributed by atoms with E-state index in [1.54, 1.807) is 0 Å². The van der Waals surface area contributed by atoms with Crippen molar-refractivity contribution in [3.8, 4) is 0 Å². The summed E-state index contributed by atoms with van der Waals surface area (Å²) in [4.78, 5) is 0. The van der Waals surface area contributed by atoms with Crippen molar-refractivity contribution in [2.24, 2.45) is 17.8 Å². The minimum Gasteiger partial charge on any atom is -0.127 e. The van der Waals surface area contributed by atoms with Crippen LogP contribution in [0.15, 0.2) is 30.3 Å². The van der Waals surface area contributed by atoms with Gasteiger partial charge in [-0.1, -0.05) is 77.4 Å². The summed E-state index contributed by atoms with van der Waals surface area (Å²) in [6.07, 6.45) is 4.47. The van der Waals surface area contributed by atoms with Crippen LogP contribution in [-0.4, -0.2) is 25.2 Å². The standard InChI is InChI=1S/C13H30P.C7H8/c1-11(2)8-14(7,9-12(3)4)10-13(5)6;1-7-5-3-2-4-6-7/h11-13H,8-10H2,1-7H3;2-6H,1H3. The molecule has 1 radical (unpaired) electrons. The molecule has 0 unspecified atom stereocenters. The van der Waals surface area contributed by atoms with E-state index in [-0.39, 0.29) is 0 Å². The maximum atomic E-state index is 2.59. The Balaban J connectivity index is 0.000000471. The van der Waals surface area contributed by atoms with Gasteiger partial charge in [0.15, 0.2) is 0 Å². The molecule has 1 rings (SSSR count). The van der Waals surface area contributed by atoms with Crippen LogP contribution in [0.3, 0.4) is 0 Å². The first-order valence-electron chi connectivity index (χ1n) is 8.50. The Morgan fingerprint density at radius 1 is 0.714 bits per heavy atom. The van der Waals surface area contributed by atoms with Crippen LogP contribution in [0.4, 0.5) is 0 Å². The number of aryl methyl sites for hydroxylation is 1. The van der Waals surface area contributed by atoms with Crippen molar-refractivity contribution in [3.05, 3.63) is 35.9 Å². The Labute approximate surface area is 135 Å². The smallest absolute Gasteiger partial charge is 0.0338 e. The largest absolute Gasteiger partial charge is 0.127 e. The second-order valence-corrected chi connectivity index (χ2v) is 12.3. The molecule has 1 aromatic carbocycles. The van der Waals surface area contributed by atoms with Crippen LogP contribution in [0.5, 0.6) is 0 Å². The lowest BCUT2D eigenvalue weighted by Gasteiger charge is -2.37. The highest BCUT2D eigenvalue weighted by atomic mass is 31.2. The molecule has 1 heteroatoms. The van der Waals surface area contributed by atoms with Crippen molar-refractivity contribution in [3.63, 3.8) is 0 Å². The molecule has 0 amide bonds. The van der Waals surface area contributed by atoms with E-state index in [4.69, 9.17) is 0 Å². The zero-order valence-electron chi connectivity index (χ0n) is 15.7. The summed E-state index contributed by atoms with van der Waals surface area (Å²) in [5.74, 6) is 2.64. The molecule has 0 atom stereocenters. The maximum absolute atomic E-state index is 2.59. The van der Waals surface area contributed by atoms with Crippen molar-refractivity contribution in [1.82, 2.24) is 0 Å². The lowest BCUT2D eigenvalue weighted by Crippen LogP contribution is -2.16. The third-order valence-electron chi connectivity index (χ3n) is 3.36. The lowest BCUT2D eigenvalue weighted by molar-refractivity contribution is 0.687. The third-order valence-corrected chi connectivity index (χ3v) is 8.19. The number of hydrogen-bond acceptors (Lipinski definition) is 0. The van der Waals surface area contributed by atoms with Crippen LogP contribution in [0.25, 0.3) is 0 Å². The zero-order chi connectivity index (χ0) is 16.5. The van der Waals surface area contributed by atoms with Crippen LogP contribution in [0, 0.1) is 24.7 Å². The fourth-order valence-corrected chi connectivity index (χ4v) is 9.14. The number of hydrogen-bond donors (Lipinski definition) is 0. The normalized spacial score (nSPS) is 11.8. The second-order valence-electron chi connectivity index (χ2n) is 8.00. The van der Waals surface area contributed by atoms with Crippen molar-refractivity contribution in [2.75, 3.05) is 25.2 Å². The molecular formula is C20H38P. The Bertz CT molecular complexity index is 325. The summed E-state index contributed by atoms with van der Waals surface area (Å²) < 4.78 is 0. The van der Waals surface area contributed by atoms with Gasteiger partial charge in [-0.25, -0.2) is 0 Å². The molecule has 0 spiro atoms. The molecule has 0 aliphatic heterocycles. The van der Waals surface area contributed by atoms with Gasteiger partial charge >= 0.3 is 0 Å². The molecule has 0 fully saturated rings. The van der Waals surface area contributed by atoms with Crippen molar-refractivity contribution in [1.29, 1.82) is 0 Å². The van der Waals surface area contributed by atoms with Gasteiger partial charge in [0.2, 0.25) is 0 Å². The van der Waals surface area contributed by atoms with Gasteiger partial charge in [-0.05, 0) is 49.8 Å². The van der Waals surface area contributed by atoms with Gasteiger partial charge in [0.1, 0.15) is 0 Å². The first-order valence-corrected chi connectivity index (χ1v) is 11.3. The number of benzene rings is 1. The molecule has 0 nitrogen and oxygen atoms in total. The summed E-state index contributed by atoms with van der Waals surface area (Å²) in [5, 5.41) is 0. The molecule has 0 N–H and O–H groups in total. The maximum Gasteiger partial charge on any atom is -0.0338 e. The fourth-order valence-electron chi connectivity index (χ4n) is 3.40. The first-order chi connectivity index (χ1) is 9.64. The predicted molar refractivity (Wildman–Crippen MR) is 103 cm³/mol. The lowest BCUT2D eigenvalue weighted by atomic mass is 10.2. The van der Waals surface area contributed by atoms with E-state index in [1.165, 1.54) is 24.0 Å². The fraction of sp³-hybridized carbons (Fsp3) is 0.700. The number of rotatable bonds is 6. The highest BCUT2D eigenvalue weighted by Crippen LogP contribution is 2.58. The van der Waals surface area contributed by atoms with Gasteiger partial charge in [0, 0.05) is 0 Å². The van der Waals surface area contributed by atoms with E-state index in [9.17, 15) is 0 Å². The van der Waals surface area contributed by atoms with E-state index in [0.29, 0.717) is 0 Å². The Kier molecular flexibility index (Phi) is 10.2. The average Bonchev–Trinajstić information content (AvgIpc) is 2.26. The monoisotopic (exact) mass is 309 g/mol. The van der Waals surface area contributed by atoms with Gasteiger partial charge in [-0.2, -0.15) is 0 Å². The molecular weight excluding hydrogens is 271 g/mol. The summed E-state index contributed by atoms with van der Waals surface area (Å²) >= 11 is 0. The second kappa shape index (κ2) is 10.4. The molecule has 0 bridgehead atoms. The van der Waals surface area contributed by atoms with Crippen LogP contribution in [-0.2, 0) is 0 Å². The highest BCUT2D eigenvalue weighted by molar-refractivity contribution is 7.75. The van der Waals surface area contributed by atoms with Crippen molar-refractivity contribution in [2.45, 2.75) is 48.5 Å².